The van der Waals surface area contributed by atoms with E-state index in [0.717, 1.165) is 11.8 Å². The molecule has 0 radical (unpaired) electrons. The summed E-state index contributed by atoms with van der Waals surface area (Å²) in [7, 11) is -1.96. The number of methoxy groups -OCH3 is 1. The molecule has 0 saturated carbocycles. The number of hydrogen-bond donors (Lipinski definition) is 1. The maximum Gasteiger partial charge on any atom is 0.251 e. The van der Waals surface area contributed by atoms with Crippen molar-refractivity contribution in [2.24, 2.45) is 0 Å². The summed E-state index contributed by atoms with van der Waals surface area (Å²) in [5.74, 6) is 0.981. The molecule has 1 N–H and O–H groups in total. The van der Waals surface area contributed by atoms with Crippen LogP contribution in [0.3, 0.4) is 0 Å². The van der Waals surface area contributed by atoms with Gasteiger partial charge in [0, 0.05) is 10.6 Å². The van der Waals surface area contributed by atoms with Gasteiger partial charge in [-0.15, -0.1) is 0 Å². The Morgan fingerprint density at radius 3 is 2.33 bits per heavy atom. The topological polar surface area (TPSA) is 84.9 Å². The van der Waals surface area contributed by atoms with Gasteiger partial charge in [0.1, 0.15) is 6.61 Å². The Labute approximate surface area is 198 Å². The molecule has 3 rings (SSSR count). The van der Waals surface area contributed by atoms with Crippen LogP contribution in [0.15, 0.2) is 72.8 Å². The lowest BCUT2D eigenvalue weighted by Crippen LogP contribution is -2.29. The highest BCUT2D eigenvalue weighted by atomic mass is 35.5. The van der Waals surface area contributed by atoms with Gasteiger partial charge in [-0.05, 0) is 48.0 Å². The number of carbonyl (C=O) groups excluding carboxylic acids is 1. The molecule has 0 heterocycles. The van der Waals surface area contributed by atoms with Crippen molar-refractivity contribution in [2.75, 3.05) is 30.8 Å². The maximum atomic E-state index is 12.4. The van der Waals surface area contributed by atoms with Crippen LogP contribution in [0.1, 0.15) is 15.9 Å². The van der Waals surface area contributed by atoms with E-state index in [-0.39, 0.29) is 19.1 Å². The second-order valence-electron chi connectivity index (χ2n) is 7.20. The normalized spacial score (nSPS) is 11.0. The molecule has 0 fully saturated rings. The molecule has 1 amide bonds. The lowest BCUT2D eigenvalue weighted by Gasteiger charge is -2.22. The minimum atomic E-state index is -3.53. The standard InChI is InChI=1S/C24H25ClN2O5S/c1-31-22-8-3-4-9-23(22)32-15-14-26-24(28)19-12-10-18(11-13-19)17-27(33(2,29)30)21-7-5-6-20(25)16-21/h3-13,16H,14-15,17H2,1-2H3,(H,26,28). The number of nitrogens with zero attached hydrogens (tertiary/aromatic N) is 1. The number of benzene rings is 3. The summed E-state index contributed by atoms with van der Waals surface area (Å²) in [6, 6.07) is 20.7. The van der Waals surface area contributed by atoms with Crippen LogP contribution >= 0.6 is 11.6 Å². The fourth-order valence-corrected chi connectivity index (χ4v) is 4.19. The largest absolute Gasteiger partial charge is 0.493 e. The van der Waals surface area contributed by atoms with Crippen LogP contribution in [0.4, 0.5) is 5.69 Å². The van der Waals surface area contributed by atoms with Crippen molar-refractivity contribution in [3.63, 3.8) is 0 Å². The third kappa shape index (κ3) is 6.87. The summed E-state index contributed by atoms with van der Waals surface area (Å²) >= 11 is 6.02. The Hall–Kier alpha value is -3.23. The zero-order valence-corrected chi connectivity index (χ0v) is 19.9. The zero-order valence-electron chi connectivity index (χ0n) is 18.3. The third-order valence-corrected chi connectivity index (χ3v) is 6.13. The molecule has 0 spiro atoms. The van der Waals surface area contributed by atoms with Crippen molar-refractivity contribution < 1.29 is 22.7 Å². The first-order chi connectivity index (χ1) is 15.8. The Morgan fingerprint density at radius 1 is 1.00 bits per heavy atom. The predicted octanol–water partition coefficient (Wildman–Crippen LogP) is 4.12. The molecule has 0 aromatic heterocycles. The fraction of sp³-hybridized carbons (Fsp3) is 0.208. The number of rotatable bonds is 10. The fourth-order valence-electron chi connectivity index (χ4n) is 3.12. The van der Waals surface area contributed by atoms with E-state index in [1.165, 1.54) is 4.31 Å². The molecule has 7 nitrogen and oxygen atoms in total. The molecule has 0 aliphatic heterocycles. The smallest absolute Gasteiger partial charge is 0.251 e. The van der Waals surface area contributed by atoms with Crippen LogP contribution in [0.2, 0.25) is 5.02 Å². The molecule has 0 aliphatic rings. The summed E-state index contributed by atoms with van der Waals surface area (Å²) < 4.78 is 36.8. The summed E-state index contributed by atoms with van der Waals surface area (Å²) in [5, 5.41) is 3.24. The number of nitrogens with one attached hydrogen (secondary N) is 1. The van der Waals surface area contributed by atoms with Crippen molar-refractivity contribution in [1.82, 2.24) is 5.32 Å². The van der Waals surface area contributed by atoms with E-state index in [2.05, 4.69) is 5.32 Å². The van der Waals surface area contributed by atoms with E-state index in [1.54, 1.807) is 67.8 Å². The zero-order chi connectivity index (χ0) is 23.8. The molecule has 174 valence electrons. The Kier molecular flexibility index (Phi) is 8.19. The van der Waals surface area contributed by atoms with Gasteiger partial charge >= 0.3 is 0 Å². The Morgan fingerprint density at radius 2 is 1.70 bits per heavy atom. The monoisotopic (exact) mass is 488 g/mol. The van der Waals surface area contributed by atoms with Gasteiger partial charge in [-0.1, -0.05) is 41.9 Å². The summed E-state index contributed by atoms with van der Waals surface area (Å²) in [6.45, 7) is 0.718. The van der Waals surface area contributed by atoms with Crippen LogP contribution in [-0.4, -0.2) is 40.8 Å². The maximum absolute atomic E-state index is 12.4. The van der Waals surface area contributed by atoms with Gasteiger partial charge < -0.3 is 14.8 Å². The van der Waals surface area contributed by atoms with E-state index in [4.69, 9.17) is 21.1 Å². The Bertz CT molecular complexity index is 1200. The first kappa shape index (κ1) is 24.4. The van der Waals surface area contributed by atoms with Crippen molar-refractivity contribution in [3.8, 4) is 11.5 Å². The van der Waals surface area contributed by atoms with E-state index in [0.29, 0.717) is 34.3 Å². The minimum Gasteiger partial charge on any atom is -0.493 e. The lowest BCUT2D eigenvalue weighted by molar-refractivity contribution is 0.0947. The van der Waals surface area contributed by atoms with E-state index < -0.39 is 10.0 Å². The second-order valence-corrected chi connectivity index (χ2v) is 9.54. The first-order valence-electron chi connectivity index (χ1n) is 10.1. The number of ether oxygens (including phenoxy) is 2. The van der Waals surface area contributed by atoms with Gasteiger partial charge in [-0.25, -0.2) is 8.42 Å². The molecular weight excluding hydrogens is 464 g/mol. The minimum absolute atomic E-state index is 0.119. The number of sulfonamides is 1. The lowest BCUT2D eigenvalue weighted by atomic mass is 10.1. The highest BCUT2D eigenvalue weighted by Crippen LogP contribution is 2.26. The van der Waals surface area contributed by atoms with Crippen molar-refractivity contribution in [3.05, 3.63) is 88.9 Å². The summed E-state index contributed by atoms with van der Waals surface area (Å²) in [4.78, 5) is 12.4. The molecule has 3 aromatic rings. The van der Waals surface area contributed by atoms with Crippen LogP contribution in [-0.2, 0) is 16.6 Å². The average Bonchev–Trinajstić information content (AvgIpc) is 2.80. The number of amides is 1. The number of anilines is 1. The SMILES string of the molecule is COc1ccccc1OCCNC(=O)c1ccc(CN(c2cccc(Cl)c2)S(C)(=O)=O)cc1. The summed E-state index contributed by atoms with van der Waals surface area (Å²) in [5.41, 5.74) is 1.67. The van der Waals surface area contributed by atoms with Crippen LogP contribution in [0.5, 0.6) is 11.5 Å². The van der Waals surface area contributed by atoms with Gasteiger partial charge in [0.2, 0.25) is 10.0 Å². The molecule has 33 heavy (non-hydrogen) atoms. The highest BCUT2D eigenvalue weighted by molar-refractivity contribution is 7.92. The number of halogens is 1. The second kappa shape index (κ2) is 11.1. The van der Waals surface area contributed by atoms with E-state index >= 15 is 0 Å². The summed E-state index contributed by atoms with van der Waals surface area (Å²) in [6.07, 6.45) is 1.14. The van der Waals surface area contributed by atoms with Gasteiger partial charge in [-0.2, -0.15) is 0 Å². The molecule has 9 heteroatoms. The quantitative estimate of drug-likeness (QED) is 0.434. The number of hydrogen-bond acceptors (Lipinski definition) is 5. The van der Waals surface area contributed by atoms with Gasteiger partial charge in [0.25, 0.3) is 5.91 Å². The van der Waals surface area contributed by atoms with Crippen molar-refractivity contribution in [2.45, 2.75) is 6.54 Å². The highest BCUT2D eigenvalue weighted by Gasteiger charge is 2.18. The first-order valence-corrected chi connectivity index (χ1v) is 12.4. The number of para-hydroxylation sites is 2. The van der Waals surface area contributed by atoms with Crippen molar-refractivity contribution in [1.29, 1.82) is 0 Å². The molecular formula is C24H25ClN2O5S. The van der Waals surface area contributed by atoms with E-state index in [9.17, 15) is 13.2 Å². The van der Waals surface area contributed by atoms with Crippen molar-refractivity contribution >= 4 is 33.2 Å². The Balaban J connectivity index is 1.58. The average molecular weight is 489 g/mol. The van der Waals surface area contributed by atoms with E-state index in [1.807, 2.05) is 12.1 Å². The van der Waals surface area contributed by atoms with Gasteiger partial charge in [0.05, 0.1) is 32.1 Å². The van der Waals surface area contributed by atoms with Gasteiger partial charge in [-0.3, -0.25) is 9.10 Å². The number of carbonyl (C=O) groups is 1. The van der Waals surface area contributed by atoms with Crippen LogP contribution < -0.4 is 19.1 Å². The molecule has 0 unspecified atom stereocenters. The molecule has 0 saturated heterocycles. The van der Waals surface area contributed by atoms with Crippen LogP contribution in [0.25, 0.3) is 0 Å². The third-order valence-electron chi connectivity index (χ3n) is 4.75. The predicted molar refractivity (Wildman–Crippen MR) is 130 cm³/mol. The molecule has 0 aliphatic carbocycles. The molecule has 0 bridgehead atoms. The molecule has 0 atom stereocenters. The van der Waals surface area contributed by atoms with Crippen LogP contribution in [0, 0.1) is 0 Å². The van der Waals surface area contributed by atoms with Gasteiger partial charge in [0.15, 0.2) is 11.5 Å². The molecule has 3 aromatic carbocycles.